The van der Waals surface area contributed by atoms with Crippen LogP contribution in [-0.2, 0) is 11.3 Å². The van der Waals surface area contributed by atoms with Crippen LogP contribution in [0.5, 0.6) is 17.2 Å². The molecule has 0 fully saturated rings. The summed E-state index contributed by atoms with van der Waals surface area (Å²) in [6.45, 7) is 1.44. The number of carbonyl (C=O) groups excluding carboxylic acids is 1. The molecule has 28 heavy (non-hydrogen) atoms. The molecule has 1 N–H and O–H groups in total. The summed E-state index contributed by atoms with van der Waals surface area (Å²) < 4.78 is 51.9. The third-order valence-corrected chi connectivity index (χ3v) is 3.58. The van der Waals surface area contributed by atoms with Gasteiger partial charge in [0.2, 0.25) is 0 Å². The maximum atomic E-state index is 12.4. The second kappa shape index (κ2) is 9.68. The molecule has 8 heteroatoms. The molecule has 0 radical (unpaired) electrons. The quantitative estimate of drug-likeness (QED) is 0.723. The molecule has 2 aromatic carbocycles. The molecular formula is C20H20F3NO4. The van der Waals surface area contributed by atoms with Gasteiger partial charge in [-0.15, -0.1) is 13.2 Å². The van der Waals surface area contributed by atoms with Crippen LogP contribution in [0.3, 0.4) is 0 Å². The van der Waals surface area contributed by atoms with Crippen molar-refractivity contribution in [2.45, 2.75) is 19.8 Å². The Bertz CT molecular complexity index is 834. The maximum Gasteiger partial charge on any atom is 0.573 e. The zero-order valence-electron chi connectivity index (χ0n) is 15.4. The van der Waals surface area contributed by atoms with Crippen molar-refractivity contribution >= 4 is 12.0 Å². The topological polar surface area (TPSA) is 56.8 Å². The number of allylic oxidation sites excluding steroid dienone is 1. The van der Waals surface area contributed by atoms with Crippen LogP contribution in [0.4, 0.5) is 13.2 Å². The van der Waals surface area contributed by atoms with E-state index in [0.29, 0.717) is 11.5 Å². The Morgan fingerprint density at radius 3 is 2.54 bits per heavy atom. The molecule has 2 aromatic rings. The number of para-hydroxylation sites is 1. The fourth-order valence-corrected chi connectivity index (χ4v) is 2.36. The maximum absolute atomic E-state index is 12.4. The van der Waals surface area contributed by atoms with Gasteiger partial charge in [0.05, 0.1) is 7.11 Å². The normalized spacial score (nSPS) is 11.3. The summed E-state index contributed by atoms with van der Waals surface area (Å²) in [5.74, 6) is -0.0159. The van der Waals surface area contributed by atoms with Crippen LogP contribution in [0.2, 0.25) is 0 Å². The third-order valence-electron chi connectivity index (χ3n) is 3.58. The highest BCUT2D eigenvalue weighted by molar-refractivity contribution is 5.77. The molecule has 0 aliphatic heterocycles. The minimum atomic E-state index is -4.81. The van der Waals surface area contributed by atoms with Gasteiger partial charge in [0.15, 0.2) is 18.1 Å². The number of hydrogen-bond acceptors (Lipinski definition) is 4. The highest BCUT2D eigenvalue weighted by atomic mass is 19.4. The number of methoxy groups -OCH3 is 1. The standard InChI is InChI=1S/C20H20F3NO4/c1-3-6-14-9-10-17(18(11-14)26-2)27-13-19(25)24-12-15-7-4-5-8-16(15)28-20(21,22)23/h3-11H,12-13H2,1-2H3,(H,24,25)/b6-3+. The average Bonchev–Trinajstić information content (AvgIpc) is 2.65. The van der Waals surface area contributed by atoms with Gasteiger partial charge in [-0.1, -0.05) is 36.4 Å². The summed E-state index contributed by atoms with van der Waals surface area (Å²) in [6.07, 6.45) is -1.04. The average molecular weight is 395 g/mol. The molecule has 0 aromatic heterocycles. The van der Waals surface area contributed by atoms with E-state index in [4.69, 9.17) is 9.47 Å². The first kappa shape index (κ1) is 21.1. The number of nitrogens with one attached hydrogen (secondary N) is 1. The number of halogens is 3. The molecule has 0 aliphatic carbocycles. The monoisotopic (exact) mass is 395 g/mol. The molecule has 5 nitrogen and oxygen atoms in total. The lowest BCUT2D eigenvalue weighted by atomic mass is 10.2. The van der Waals surface area contributed by atoms with Crippen molar-refractivity contribution in [1.82, 2.24) is 5.32 Å². The lowest BCUT2D eigenvalue weighted by molar-refractivity contribution is -0.274. The fraction of sp³-hybridized carbons (Fsp3) is 0.250. The van der Waals surface area contributed by atoms with Crippen LogP contribution in [0.25, 0.3) is 6.08 Å². The summed E-state index contributed by atoms with van der Waals surface area (Å²) in [6, 6.07) is 10.8. The SMILES string of the molecule is C/C=C/c1ccc(OCC(=O)NCc2ccccc2OC(F)(F)F)c(OC)c1. The molecule has 0 spiro atoms. The van der Waals surface area contributed by atoms with Crippen molar-refractivity contribution in [3.8, 4) is 17.2 Å². The van der Waals surface area contributed by atoms with Crippen LogP contribution in [0.15, 0.2) is 48.5 Å². The van der Waals surface area contributed by atoms with Crippen LogP contribution < -0.4 is 19.5 Å². The molecule has 1 amide bonds. The second-order valence-electron chi connectivity index (χ2n) is 5.63. The number of carbonyl (C=O) groups is 1. The number of alkyl halides is 3. The Balaban J connectivity index is 1.94. The lowest BCUT2D eigenvalue weighted by Gasteiger charge is -2.14. The van der Waals surface area contributed by atoms with Gasteiger partial charge < -0.3 is 19.5 Å². The molecule has 0 saturated heterocycles. The number of ether oxygens (including phenoxy) is 3. The van der Waals surface area contributed by atoms with Crippen LogP contribution in [-0.4, -0.2) is 26.0 Å². The van der Waals surface area contributed by atoms with Crippen molar-refractivity contribution < 1.29 is 32.2 Å². The van der Waals surface area contributed by atoms with E-state index in [-0.39, 0.29) is 24.5 Å². The van der Waals surface area contributed by atoms with E-state index in [1.54, 1.807) is 24.3 Å². The van der Waals surface area contributed by atoms with Crippen LogP contribution in [0.1, 0.15) is 18.1 Å². The largest absolute Gasteiger partial charge is 0.573 e. The lowest BCUT2D eigenvalue weighted by Crippen LogP contribution is -2.29. The van der Waals surface area contributed by atoms with Crippen molar-refractivity contribution in [2.75, 3.05) is 13.7 Å². The first-order valence-electron chi connectivity index (χ1n) is 8.36. The molecule has 0 aliphatic rings. The molecule has 150 valence electrons. The molecule has 0 saturated carbocycles. The van der Waals surface area contributed by atoms with Gasteiger partial charge in [0.25, 0.3) is 5.91 Å². The van der Waals surface area contributed by atoms with Gasteiger partial charge in [0, 0.05) is 12.1 Å². The van der Waals surface area contributed by atoms with E-state index in [1.165, 1.54) is 25.3 Å². The third kappa shape index (κ3) is 6.53. The Morgan fingerprint density at radius 1 is 1.11 bits per heavy atom. The van der Waals surface area contributed by atoms with Crippen molar-refractivity contribution in [3.05, 3.63) is 59.7 Å². The van der Waals surface area contributed by atoms with Gasteiger partial charge in [-0.2, -0.15) is 0 Å². The number of amides is 1. The minimum absolute atomic E-state index is 0.133. The van der Waals surface area contributed by atoms with Crippen LogP contribution in [0, 0.1) is 0 Å². The van der Waals surface area contributed by atoms with E-state index in [9.17, 15) is 18.0 Å². The molecular weight excluding hydrogens is 375 g/mol. The summed E-state index contributed by atoms with van der Waals surface area (Å²) in [5.41, 5.74) is 1.11. The van der Waals surface area contributed by atoms with Crippen molar-refractivity contribution in [1.29, 1.82) is 0 Å². The molecule has 0 heterocycles. The van der Waals surface area contributed by atoms with Crippen molar-refractivity contribution in [2.24, 2.45) is 0 Å². The summed E-state index contributed by atoms with van der Waals surface area (Å²) >= 11 is 0. The van der Waals surface area contributed by atoms with Crippen LogP contribution >= 0.6 is 0 Å². The number of benzene rings is 2. The predicted molar refractivity (Wildman–Crippen MR) is 98.2 cm³/mol. The first-order chi connectivity index (χ1) is 13.3. The summed E-state index contributed by atoms with van der Waals surface area (Å²) in [5, 5.41) is 2.50. The van der Waals surface area contributed by atoms with E-state index in [2.05, 4.69) is 10.1 Å². The van der Waals surface area contributed by atoms with Gasteiger partial charge in [-0.25, -0.2) is 0 Å². The van der Waals surface area contributed by atoms with Crippen molar-refractivity contribution in [3.63, 3.8) is 0 Å². The first-order valence-corrected chi connectivity index (χ1v) is 8.36. The zero-order chi connectivity index (χ0) is 20.6. The van der Waals surface area contributed by atoms with E-state index < -0.39 is 12.3 Å². The molecule has 0 unspecified atom stereocenters. The zero-order valence-corrected chi connectivity index (χ0v) is 15.4. The van der Waals surface area contributed by atoms with E-state index in [0.717, 1.165) is 5.56 Å². The summed E-state index contributed by atoms with van der Waals surface area (Å²) in [4.78, 5) is 12.0. The van der Waals surface area contributed by atoms with Gasteiger partial charge >= 0.3 is 6.36 Å². The van der Waals surface area contributed by atoms with E-state index >= 15 is 0 Å². The second-order valence-corrected chi connectivity index (χ2v) is 5.63. The highest BCUT2D eigenvalue weighted by Crippen LogP contribution is 2.29. The van der Waals surface area contributed by atoms with Gasteiger partial charge in [0.1, 0.15) is 5.75 Å². The Morgan fingerprint density at radius 2 is 1.86 bits per heavy atom. The number of hydrogen-bond donors (Lipinski definition) is 1. The minimum Gasteiger partial charge on any atom is -0.493 e. The Kier molecular flexibility index (Phi) is 7.31. The van der Waals surface area contributed by atoms with Gasteiger partial charge in [-0.3, -0.25) is 4.79 Å². The number of rotatable bonds is 8. The Labute approximate surface area is 160 Å². The smallest absolute Gasteiger partial charge is 0.493 e. The highest BCUT2D eigenvalue weighted by Gasteiger charge is 2.31. The molecule has 0 bridgehead atoms. The molecule has 0 atom stereocenters. The van der Waals surface area contributed by atoms with Gasteiger partial charge in [-0.05, 0) is 30.7 Å². The predicted octanol–water partition coefficient (Wildman–Crippen LogP) is 4.32. The Hall–Kier alpha value is -3.16. The fourth-order valence-electron chi connectivity index (χ4n) is 2.36. The molecule has 2 rings (SSSR count). The van der Waals surface area contributed by atoms with E-state index in [1.807, 2.05) is 19.1 Å². The summed E-state index contributed by atoms with van der Waals surface area (Å²) in [7, 11) is 1.49.